The van der Waals surface area contributed by atoms with Gasteiger partial charge >= 0.3 is 0 Å². The van der Waals surface area contributed by atoms with Gasteiger partial charge in [0.05, 0.1) is 17.7 Å². The van der Waals surface area contributed by atoms with E-state index in [-0.39, 0.29) is 23.2 Å². The Bertz CT molecular complexity index is 767. The third-order valence-electron chi connectivity index (χ3n) is 2.60. The van der Waals surface area contributed by atoms with Gasteiger partial charge in [0.2, 0.25) is 5.56 Å². The van der Waals surface area contributed by atoms with E-state index in [9.17, 15) is 14.0 Å². The standard InChI is InChI=1S/C15H12FN3O2/c16-13-5-4-12(8-10(13)2-1-7-17)19-15(21)11-3-6-14(20)18-9-11/h3-6,8-9H,7,17H2,(H,18,20)(H,19,21). The van der Waals surface area contributed by atoms with Crippen molar-refractivity contribution >= 4 is 11.6 Å². The highest BCUT2D eigenvalue weighted by Gasteiger charge is 2.07. The lowest BCUT2D eigenvalue weighted by atomic mass is 10.2. The Balaban J connectivity index is 2.21. The number of hydrogen-bond donors (Lipinski definition) is 3. The number of nitrogens with two attached hydrogens (primary N) is 1. The van der Waals surface area contributed by atoms with Crippen molar-refractivity contribution in [2.45, 2.75) is 0 Å². The van der Waals surface area contributed by atoms with Crippen LogP contribution in [0.2, 0.25) is 0 Å². The number of aromatic amines is 1. The molecular formula is C15H12FN3O2. The van der Waals surface area contributed by atoms with Crippen LogP contribution >= 0.6 is 0 Å². The minimum absolute atomic E-state index is 0.118. The summed E-state index contributed by atoms with van der Waals surface area (Å²) in [6.07, 6.45) is 1.30. The van der Waals surface area contributed by atoms with Crippen molar-refractivity contribution in [3.8, 4) is 11.8 Å². The lowest BCUT2D eigenvalue weighted by Gasteiger charge is -2.06. The lowest BCUT2D eigenvalue weighted by Crippen LogP contribution is -2.14. The summed E-state index contributed by atoms with van der Waals surface area (Å²) in [7, 11) is 0. The molecule has 0 saturated carbocycles. The molecular weight excluding hydrogens is 273 g/mol. The number of amides is 1. The highest BCUT2D eigenvalue weighted by Crippen LogP contribution is 2.14. The molecule has 0 aliphatic rings. The maximum Gasteiger partial charge on any atom is 0.257 e. The summed E-state index contributed by atoms with van der Waals surface area (Å²) in [4.78, 5) is 25.3. The quantitative estimate of drug-likeness (QED) is 0.721. The van der Waals surface area contributed by atoms with E-state index in [0.717, 1.165) is 0 Å². The molecule has 0 aliphatic heterocycles. The highest BCUT2D eigenvalue weighted by molar-refractivity contribution is 6.04. The Labute approximate surface area is 120 Å². The summed E-state index contributed by atoms with van der Waals surface area (Å²) in [6, 6.07) is 6.70. The first-order valence-corrected chi connectivity index (χ1v) is 6.09. The van der Waals surface area contributed by atoms with Gasteiger partial charge in [-0.3, -0.25) is 9.59 Å². The second-order valence-corrected chi connectivity index (χ2v) is 4.10. The molecule has 1 heterocycles. The number of anilines is 1. The van der Waals surface area contributed by atoms with Gasteiger partial charge in [-0.2, -0.15) is 0 Å². The smallest absolute Gasteiger partial charge is 0.257 e. The molecule has 5 nitrogen and oxygen atoms in total. The summed E-state index contributed by atoms with van der Waals surface area (Å²) in [5.74, 6) is 4.23. The minimum Gasteiger partial charge on any atom is -0.328 e. The zero-order chi connectivity index (χ0) is 15.2. The summed E-state index contributed by atoms with van der Waals surface area (Å²) in [5.41, 5.74) is 5.78. The van der Waals surface area contributed by atoms with Gasteiger partial charge in [-0.05, 0) is 24.3 Å². The van der Waals surface area contributed by atoms with Crippen molar-refractivity contribution in [1.29, 1.82) is 0 Å². The number of carbonyl (C=O) groups is 1. The molecule has 2 rings (SSSR count). The zero-order valence-electron chi connectivity index (χ0n) is 10.9. The van der Waals surface area contributed by atoms with Crippen LogP contribution in [0.1, 0.15) is 15.9 Å². The van der Waals surface area contributed by atoms with E-state index in [2.05, 4.69) is 22.1 Å². The number of pyridine rings is 1. The van der Waals surface area contributed by atoms with E-state index in [0.29, 0.717) is 5.69 Å². The molecule has 0 spiro atoms. The number of aromatic nitrogens is 1. The maximum atomic E-state index is 13.5. The van der Waals surface area contributed by atoms with Gasteiger partial charge in [0, 0.05) is 18.0 Å². The van der Waals surface area contributed by atoms with E-state index < -0.39 is 11.7 Å². The Kier molecular flexibility index (Phi) is 4.49. The van der Waals surface area contributed by atoms with Gasteiger partial charge < -0.3 is 16.0 Å². The van der Waals surface area contributed by atoms with Crippen molar-refractivity contribution in [1.82, 2.24) is 4.98 Å². The number of carbonyl (C=O) groups excluding carboxylic acids is 1. The van der Waals surface area contributed by atoms with Crippen LogP contribution in [0.3, 0.4) is 0 Å². The molecule has 106 valence electrons. The second-order valence-electron chi connectivity index (χ2n) is 4.10. The number of benzene rings is 1. The van der Waals surface area contributed by atoms with Gasteiger partial charge in [0.25, 0.3) is 5.91 Å². The maximum absolute atomic E-state index is 13.5. The van der Waals surface area contributed by atoms with Crippen molar-refractivity contribution in [3.05, 3.63) is 63.8 Å². The summed E-state index contributed by atoms with van der Waals surface area (Å²) < 4.78 is 13.5. The Morgan fingerprint density at radius 2 is 2.14 bits per heavy atom. The second kappa shape index (κ2) is 6.50. The van der Waals surface area contributed by atoms with E-state index in [4.69, 9.17) is 5.73 Å². The Hall–Kier alpha value is -2.91. The number of rotatable bonds is 2. The number of H-pyrrole nitrogens is 1. The monoisotopic (exact) mass is 285 g/mol. The van der Waals surface area contributed by atoms with Gasteiger partial charge in [0.1, 0.15) is 5.82 Å². The normalized spacial score (nSPS) is 9.62. The Morgan fingerprint density at radius 3 is 2.81 bits per heavy atom. The first-order chi connectivity index (χ1) is 10.1. The molecule has 1 aromatic carbocycles. The molecule has 0 radical (unpaired) electrons. The van der Waals surface area contributed by atoms with Crippen molar-refractivity contribution in [3.63, 3.8) is 0 Å². The van der Waals surface area contributed by atoms with E-state index in [1.54, 1.807) is 0 Å². The fourth-order valence-electron chi connectivity index (χ4n) is 1.60. The third-order valence-corrected chi connectivity index (χ3v) is 2.60. The van der Waals surface area contributed by atoms with Gasteiger partial charge in [-0.1, -0.05) is 11.8 Å². The van der Waals surface area contributed by atoms with Crippen LogP contribution in [0.4, 0.5) is 10.1 Å². The van der Waals surface area contributed by atoms with Crippen LogP contribution < -0.4 is 16.6 Å². The fourth-order valence-corrected chi connectivity index (χ4v) is 1.60. The summed E-state index contributed by atoms with van der Waals surface area (Å²) in [6.45, 7) is 0.118. The average molecular weight is 285 g/mol. The lowest BCUT2D eigenvalue weighted by molar-refractivity contribution is 0.102. The van der Waals surface area contributed by atoms with Gasteiger partial charge in [0.15, 0.2) is 0 Å². The first kappa shape index (κ1) is 14.5. The topological polar surface area (TPSA) is 88.0 Å². The molecule has 0 unspecified atom stereocenters. The molecule has 1 aromatic heterocycles. The predicted octanol–water partition coefficient (Wildman–Crippen LogP) is 1.08. The molecule has 21 heavy (non-hydrogen) atoms. The summed E-state index contributed by atoms with van der Waals surface area (Å²) >= 11 is 0. The molecule has 0 aliphatic carbocycles. The Morgan fingerprint density at radius 1 is 1.33 bits per heavy atom. The van der Waals surface area contributed by atoms with Crippen LogP contribution in [-0.4, -0.2) is 17.4 Å². The third kappa shape index (κ3) is 3.78. The van der Waals surface area contributed by atoms with Crippen LogP contribution in [0.25, 0.3) is 0 Å². The molecule has 6 heteroatoms. The van der Waals surface area contributed by atoms with E-state index in [1.165, 1.54) is 36.5 Å². The first-order valence-electron chi connectivity index (χ1n) is 6.09. The van der Waals surface area contributed by atoms with Crippen molar-refractivity contribution < 1.29 is 9.18 Å². The molecule has 1 amide bonds. The number of hydrogen-bond acceptors (Lipinski definition) is 3. The average Bonchev–Trinajstić information content (AvgIpc) is 2.48. The van der Waals surface area contributed by atoms with Crippen LogP contribution in [0.15, 0.2) is 41.3 Å². The fraction of sp³-hybridized carbons (Fsp3) is 0.0667. The summed E-state index contributed by atoms with van der Waals surface area (Å²) in [5, 5.41) is 2.60. The SMILES string of the molecule is NCC#Cc1cc(NC(=O)c2ccc(=O)[nH]c2)ccc1F. The predicted molar refractivity (Wildman–Crippen MR) is 77.3 cm³/mol. The molecule has 0 bridgehead atoms. The van der Waals surface area contributed by atoms with Crippen molar-refractivity contribution in [2.75, 3.05) is 11.9 Å². The molecule has 0 atom stereocenters. The molecule has 0 saturated heterocycles. The largest absolute Gasteiger partial charge is 0.328 e. The van der Waals surface area contributed by atoms with Gasteiger partial charge in [-0.25, -0.2) is 4.39 Å². The molecule has 4 N–H and O–H groups in total. The number of nitrogens with one attached hydrogen (secondary N) is 2. The highest BCUT2D eigenvalue weighted by atomic mass is 19.1. The van der Waals surface area contributed by atoms with Crippen molar-refractivity contribution in [2.24, 2.45) is 5.73 Å². The number of halogens is 1. The van der Waals surface area contributed by atoms with E-state index in [1.807, 2.05) is 0 Å². The minimum atomic E-state index is -0.488. The molecule has 0 fully saturated rings. The molecule has 2 aromatic rings. The van der Waals surface area contributed by atoms with Crippen LogP contribution in [0.5, 0.6) is 0 Å². The van der Waals surface area contributed by atoms with E-state index >= 15 is 0 Å². The van der Waals surface area contributed by atoms with Crippen LogP contribution in [0, 0.1) is 17.7 Å². The van der Waals surface area contributed by atoms with Gasteiger partial charge in [-0.15, -0.1) is 0 Å². The van der Waals surface area contributed by atoms with Crippen LogP contribution in [-0.2, 0) is 0 Å². The zero-order valence-corrected chi connectivity index (χ0v) is 10.9.